The first-order chi connectivity index (χ1) is 18.7. The molecule has 2 atom stereocenters. The maximum atomic E-state index is 15.3. The third-order valence-corrected chi connectivity index (χ3v) is 6.61. The number of aliphatic hydroxyl groups excluding tert-OH is 1. The van der Waals surface area contributed by atoms with E-state index in [0.29, 0.717) is 24.1 Å². The van der Waals surface area contributed by atoms with E-state index < -0.39 is 46.8 Å². The molecule has 1 aliphatic heterocycles. The van der Waals surface area contributed by atoms with Gasteiger partial charge in [-0.3, -0.25) is 4.90 Å². The van der Waals surface area contributed by atoms with E-state index in [-0.39, 0.29) is 29.1 Å². The predicted molar refractivity (Wildman–Crippen MR) is 132 cm³/mol. The molecule has 4 aromatic rings. The number of likely N-dealkylation sites (tertiary alicyclic amines) is 1. The third-order valence-electron chi connectivity index (χ3n) is 6.61. The van der Waals surface area contributed by atoms with Crippen LogP contribution in [0.2, 0.25) is 0 Å². The zero-order valence-electron chi connectivity index (χ0n) is 20.4. The van der Waals surface area contributed by atoms with E-state index >= 15 is 4.39 Å². The van der Waals surface area contributed by atoms with E-state index in [1.54, 1.807) is 4.68 Å². The summed E-state index contributed by atoms with van der Waals surface area (Å²) < 4.78 is 77.0. The van der Waals surface area contributed by atoms with E-state index in [9.17, 15) is 22.7 Å². The van der Waals surface area contributed by atoms with E-state index in [1.807, 2.05) is 4.90 Å². The molecule has 0 spiro atoms. The second-order valence-corrected chi connectivity index (χ2v) is 9.18. The summed E-state index contributed by atoms with van der Waals surface area (Å²) in [6, 6.07) is 3.25. The molecular formula is C26H23F5N6O2. The molecule has 1 aliphatic rings. The van der Waals surface area contributed by atoms with Crippen molar-refractivity contribution in [3.63, 3.8) is 0 Å². The van der Waals surface area contributed by atoms with Gasteiger partial charge in [-0.15, -0.1) is 0 Å². The second-order valence-electron chi connectivity index (χ2n) is 9.18. The number of ether oxygens (including phenoxy) is 1. The highest BCUT2D eigenvalue weighted by molar-refractivity contribution is 5.98. The lowest BCUT2D eigenvalue weighted by Crippen LogP contribution is -2.42. The maximum Gasteiger partial charge on any atom is 0.204 e. The molecule has 13 heteroatoms. The number of aromatic nitrogens is 4. The molecule has 8 nitrogen and oxygen atoms in total. The van der Waals surface area contributed by atoms with Gasteiger partial charge < -0.3 is 15.6 Å². The van der Waals surface area contributed by atoms with Crippen LogP contribution in [0.5, 0.6) is 11.5 Å². The van der Waals surface area contributed by atoms with Crippen LogP contribution in [0.1, 0.15) is 12.8 Å². The molecule has 1 fully saturated rings. The van der Waals surface area contributed by atoms with Gasteiger partial charge in [0, 0.05) is 37.3 Å². The van der Waals surface area contributed by atoms with E-state index in [4.69, 9.17) is 10.5 Å². The third kappa shape index (κ3) is 5.02. The van der Waals surface area contributed by atoms with Gasteiger partial charge in [-0.1, -0.05) is 6.58 Å². The van der Waals surface area contributed by atoms with Crippen LogP contribution in [0, 0.1) is 35.0 Å². The Kier molecular flexibility index (Phi) is 7.19. The minimum Gasteiger partial charge on any atom is -0.451 e. The van der Waals surface area contributed by atoms with Crippen molar-refractivity contribution < 1.29 is 31.8 Å². The van der Waals surface area contributed by atoms with Crippen LogP contribution in [0.15, 0.2) is 43.2 Å². The number of hydrogen-bond donors (Lipinski definition) is 2. The first kappa shape index (κ1) is 26.5. The van der Waals surface area contributed by atoms with E-state index in [1.165, 1.54) is 24.5 Å². The number of rotatable bonds is 7. The molecule has 0 saturated carbocycles. The van der Waals surface area contributed by atoms with Crippen LogP contribution in [-0.2, 0) is 6.54 Å². The van der Waals surface area contributed by atoms with E-state index in [2.05, 4.69) is 21.6 Å². The van der Waals surface area contributed by atoms with Crippen molar-refractivity contribution in [1.29, 1.82) is 0 Å². The molecule has 39 heavy (non-hydrogen) atoms. The van der Waals surface area contributed by atoms with Gasteiger partial charge in [-0.25, -0.2) is 27.8 Å². The van der Waals surface area contributed by atoms with Crippen molar-refractivity contribution in [2.24, 2.45) is 5.92 Å². The van der Waals surface area contributed by atoms with Crippen molar-refractivity contribution in [3.8, 4) is 22.8 Å². The van der Waals surface area contributed by atoms with Crippen molar-refractivity contribution in [2.75, 3.05) is 18.8 Å². The smallest absolute Gasteiger partial charge is 0.204 e. The maximum absolute atomic E-state index is 15.3. The number of nitrogen functional groups attached to an aromatic ring is 1. The molecule has 2 unspecified atom stereocenters. The van der Waals surface area contributed by atoms with Gasteiger partial charge in [-0.05, 0) is 37.0 Å². The van der Waals surface area contributed by atoms with Crippen LogP contribution < -0.4 is 10.5 Å². The zero-order chi connectivity index (χ0) is 27.8. The van der Waals surface area contributed by atoms with Crippen LogP contribution in [-0.4, -0.2) is 49.1 Å². The Hall–Kier alpha value is -4.10. The number of nitrogens with zero attached hydrogens (tertiary/aromatic N) is 5. The van der Waals surface area contributed by atoms with Crippen LogP contribution in [0.3, 0.4) is 0 Å². The quantitative estimate of drug-likeness (QED) is 0.195. The highest BCUT2D eigenvalue weighted by Crippen LogP contribution is 2.36. The van der Waals surface area contributed by atoms with Crippen LogP contribution in [0.4, 0.5) is 27.8 Å². The Morgan fingerprint density at radius 3 is 2.54 bits per heavy atom. The summed E-state index contributed by atoms with van der Waals surface area (Å²) in [5.74, 6) is -9.32. The van der Waals surface area contributed by atoms with Gasteiger partial charge in [0.2, 0.25) is 17.4 Å². The van der Waals surface area contributed by atoms with Crippen molar-refractivity contribution in [3.05, 3.63) is 72.3 Å². The molecule has 2 aromatic carbocycles. The molecule has 0 aliphatic carbocycles. The monoisotopic (exact) mass is 546 g/mol. The summed E-state index contributed by atoms with van der Waals surface area (Å²) in [7, 11) is 0. The predicted octanol–water partition coefficient (Wildman–Crippen LogP) is 4.78. The highest BCUT2D eigenvalue weighted by Gasteiger charge is 2.27. The summed E-state index contributed by atoms with van der Waals surface area (Å²) in [5, 5.41) is 15.0. The minimum atomic E-state index is -1.75. The van der Waals surface area contributed by atoms with Gasteiger partial charge in [0.15, 0.2) is 17.3 Å². The van der Waals surface area contributed by atoms with Gasteiger partial charge in [0.25, 0.3) is 0 Å². The molecule has 0 bridgehead atoms. The van der Waals surface area contributed by atoms with Crippen molar-refractivity contribution >= 4 is 16.9 Å². The number of halogens is 5. The van der Waals surface area contributed by atoms with Crippen LogP contribution >= 0.6 is 0 Å². The summed E-state index contributed by atoms with van der Waals surface area (Å²) in [6.45, 7) is 5.34. The van der Waals surface area contributed by atoms with Crippen molar-refractivity contribution in [1.82, 2.24) is 24.6 Å². The normalized spacial score (nSPS) is 16.9. The van der Waals surface area contributed by atoms with Gasteiger partial charge in [0.05, 0.1) is 5.39 Å². The average Bonchev–Trinajstić information content (AvgIpc) is 3.28. The minimum absolute atomic E-state index is 0.0358. The number of aliphatic hydroxyl groups is 1. The fourth-order valence-electron chi connectivity index (χ4n) is 4.74. The van der Waals surface area contributed by atoms with Crippen molar-refractivity contribution in [2.45, 2.75) is 25.6 Å². The number of piperidine rings is 1. The Labute approximate surface area is 219 Å². The topological polar surface area (TPSA) is 102 Å². The Bertz CT molecular complexity index is 1540. The average molecular weight is 546 g/mol. The Balaban J connectivity index is 1.48. The van der Waals surface area contributed by atoms with E-state index in [0.717, 1.165) is 25.5 Å². The highest BCUT2D eigenvalue weighted by atomic mass is 19.2. The standard InChI is InChI=1S/C26H23F5N6O2/c1-2-19(38)36-7-3-4-13(10-36)11-37-26-20(25(32)33-12-34-26)23(35-37)15-6-5-14(8-16(15)27)39-24-21(30)17(28)9-18(29)22(24)31/h2,5-6,8-9,12-13,19,38H,1,3-4,7,10-11H2,(H2,32,33,34). The van der Waals surface area contributed by atoms with Gasteiger partial charge in [-0.2, -0.15) is 13.9 Å². The Morgan fingerprint density at radius 1 is 1.10 bits per heavy atom. The van der Waals surface area contributed by atoms with Gasteiger partial charge >= 0.3 is 0 Å². The lowest BCUT2D eigenvalue weighted by atomic mass is 9.98. The molecule has 5 rings (SSSR count). The molecule has 2 aromatic heterocycles. The molecule has 0 radical (unpaired) electrons. The largest absolute Gasteiger partial charge is 0.451 e. The van der Waals surface area contributed by atoms with Crippen LogP contribution in [0.25, 0.3) is 22.3 Å². The Morgan fingerprint density at radius 2 is 1.85 bits per heavy atom. The number of fused-ring (bicyclic) bond motifs is 1. The fourth-order valence-corrected chi connectivity index (χ4v) is 4.74. The number of hydrogen-bond acceptors (Lipinski definition) is 7. The molecule has 1 saturated heterocycles. The first-order valence-electron chi connectivity index (χ1n) is 12.0. The first-order valence-corrected chi connectivity index (χ1v) is 12.0. The number of anilines is 1. The lowest BCUT2D eigenvalue weighted by molar-refractivity contribution is 0.00858. The zero-order valence-corrected chi connectivity index (χ0v) is 20.4. The number of nitrogens with two attached hydrogens (primary N) is 1. The second kappa shape index (κ2) is 10.6. The molecule has 3 N–H and O–H groups in total. The molecule has 0 amide bonds. The lowest BCUT2D eigenvalue weighted by Gasteiger charge is -2.34. The molecule has 204 valence electrons. The summed E-state index contributed by atoms with van der Waals surface area (Å²) in [5.41, 5.74) is 6.57. The fraction of sp³-hybridized carbons (Fsp3) is 0.269. The number of benzene rings is 2. The van der Waals surface area contributed by atoms with Gasteiger partial charge in [0.1, 0.15) is 35.6 Å². The molecular weight excluding hydrogens is 523 g/mol. The SMILES string of the molecule is C=CC(O)N1CCCC(Cn2nc(-c3ccc(Oc4c(F)c(F)cc(F)c4F)cc3F)c3c(N)ncnc32)C1. The summed E-state index contributed by atoms with van der Waals surface area (Å²) >= 11 is 0. The summed E-state index contributed by atoms with van der Waals surface area (Å²) in [4.78, 5) is 10.2. The molecule has 3 heterocycles. The summed E-state index contributed by atoms with van der Waals surface area (Å²) in [6.07, 6.45) is 3.68.